The zero-order chi connectivity index (χ0) is 20.1. The van der Waals surface area contributed by atoms with Gasteiger partial charge in [0.25, 0.3) is 0 Å². The molecular weight excluding hydrogens is 382 g/mol. The van der Waals surface area contributed by atoms with Crippen LogP contribution in [-0.4, -0.2) is 21.6 Å². The number of carbonyl (C=O) groups excluding carboxylic acids is 1. The molecule has 1 aromatic heterocycles. The van der Waals surface area contributed by atoms with E-state index in [-0.39, 0.29) is 11.2 Å². The van der Waals surface area contributed by atoms with Crippen LogP contribution in [0.15, 0.2) is 78.9 Å². The highest BCUT2D eigenvalue weighted by molar-refractivity contribution is 8.00. The number of H-pyrrole nitrogens is 1. The van der Waals surface area contributed by atoms with E-state index < -0.39 is 0 Å². The average Bonchev–Trinajstić information content (AvgIpc) is 3.19. The number of anilines is 1. The predicted octanol–water partition coefficient (Wildman–Crippen LogP) is 5.79. The molecule has 4 rings (SSSR count). The summed E-state index contributed by atoms with van der Waals surface area (Å²) < 4.78 is 5.90. The first kappa shape index (κ1) is 19.1. The molecule has 0 bridgehead atoms. The van der Waals surface area contributed by atoms with Gasteiger partial charge in [-0.1, -0.05) is 42.5 Å². The Balaban J connectivity index is 1.37. The summed E-state index contributed by atoms with van der Waals surface area (Å²) in [7, 11) is 0. The van der Waals surface area contributed by atoms with Gasteiger partial charge in [-0.05, 0) is 43.3 Å². The number of benzene rings is 3. The van der Waals surface area contributed by atoms with Crippen LogP contribution in [0.4, 0.5) is 5.69 Å². The van der Waals surface area contributed by atoms with Crippen molar-refractivity contribution in [2.45, 2.75) is 12.2 Å². The topological polar surface area (TPSA) is 67.0 Å². The second-order valence-electron chi connectivity index (χ2n) is 6.55. The van der Waals surface area contributed by atoms with Crippen LogP contribution in [0.25, 0.3) is 11.0 Å². The Bertz CT molecular complexity index is 1080. The number of aromatic amines is 1. The monoisotopic (exact) mass is 403 g/mol. The van der Waals surface area contributed by atoms with Gasteiger partial charge in [0.15, 0.2) is 5.75 Å². The Kier molecular flexibility index (Phi) is 5.81. The Labute approximate surface area is 173 Å². The first-order valence-electron chi connectivity index (χ1n) is 9.37. The molecule has 0 spiro atoms. The molecule has 0 saturated heterocycles. The Morgan fingerprint density at radius 3 is 2.59 bits per heavy atom. The van der Waals surface area contributed by atoms with Crippen molar-refractivity contribution in [3.8, 4) is 11.5 Å². The number of fused-ring (bicyclic) bond motifs is 1. The summed E-state index contributed by atoms with van der Waals surface area (Å²) in [6.07, 6.45) is 0. The standard InChI is InChI=1S/C23H21N3O2S/c1-16(23-25-18-11-5-6-12-19(18)26-23)29-15-22(27)24-20-13-7-8-14-21(20)28-17-9-3-2-4-10-17/h2-14,16H,15H2,1H3,(H,24,27)(H,25,26). The van der Waals surface area contributed by atoms with Crippen molar-refractivity contribution in [3.05, 3.63) is 84.7 Å². The quantitative estimate of drug-likeness (QED) is 0.410. The van der Waals surface area contributed by atoms with Crippen LogP contribution in [0.2, 0.25) is 0 Å². The van der Waals surface area contributed by atoms with Gasteiger partial charge in [-0.3, -0.25) is 4.79 Å². The van der Waals surface area contributed by atoms with Gasteiger partial charge >= 0.3 is 0 Å². The fourth-order valence-electron chi connectivity index (χ4n) is 2.91. The van der Waals surface area contributed by atoms with E-state index in [1.807, 2.05) is 85.8 Å². The molecule has 0 aliphatic rings. The van der Waals surface area contributed by atoms with Gasteiger partial charge in [0.2, 0.25) is 5.91 Å². The average molecular weight is 404 g/mol. The fourth-order valence-corrected chi connectivity index (χ4v) is 3.65. The third-order valence-corrected chi connectivity index (χ3v) is 5.54. The number of thioether (sulfide) groups is 1. The maximum absolute atomic E-state index is 12.5. The van der Waals surface area contributed by atoms with Crippen molar-refractivity contribution >= 4 is 34.4 Å². The smallest absolute Gasteiger partial charge is 0.234 e. The molecule has 0 saturated carbocycles. The second-order valence-corrected chi connectivity index (χ2v) is 7.88. The summed E-state index contributed by atoms with van der Waals surface area (Å²) in [5.41, 5.74) is 2.59. The molecule has 0 radical (unpaired) electrons. The molecule has 29 heavy (non-hydrogen) atoms. The number of amides is 1. The lowest BCUT2D eigenvalue weighted by molar-refractivity contribution is -0.113. The van der Waals surface area contributed by atoms with Gasteiger partial charge in [-0.25, -0.2) is 4.98 Å². The molecule has 1 atom stereocenters. The molecule has 3 aromatic carbocycles. The molecule has 6 heteroatoms. The second kappa shape index (κ2) is 8.84. The summed E-state index contributed by atoms with van der Waals surface area (Å²) in [6, 6.07) is 24.9. The van der Waals surface area contributed by atoms with Crippen molar-refractivity contribution in [3.63, 3.8) is 0 Å². The van der Waals surface area contributed by atoms with Crippen molar-refractivity contribution < 1.29 is 9.53 Å². The SMILES string of the molecule is CC(SCC(=O)Nc1ccccc1Oc1ccccc1)c1nc2ccccc2[nH]1. The minimum atomic E-state index is -0.0814. The number of carbonyl (C=O) groups is 1. The van der Waals surface area contributed by atoms with E-state index in [2.05, 4.69) is 15.3 Å². The van der Waals surface area contributed by atoms with Crippen LogP contribution < -0.4 is 10.1 Å². The lowest BCUT2D eigenvalue weighted by Gasteiger charge is -2.13. The molecule has 4 aromatic rings. The molecule has 5 nitrogen and oxygen atoms in total. The summed E-state index contributed by atoms with van der Waals surface area (Å²) in [5.74, 6) is 2.45. The minimum Gasteiger partial charge on any atom is -0.455 e. The number of nitrogens with one attached hydrogen (secondary N) is 2. The zero-order valence-corrected chi connectivity index (χ0v) is 16.8. The Hall–Kier alpha value is -3.25. The third-order valence-electron chi connectivity index (χ3n) is 4.39. The van der Waals surface area contributed by atoms with Crippen LogP contribution in [0.3, 0.4) is 0 Å². The maximum Gasteiger partial charge on any atom is 0.234 e. The minimum absolute atomic E-state index is 0.0731. The molecule has 1 amide bonds. The first-order chi connectivity index (χ1) is 14.2. The molecule has 1 unspecified atom stereocenters. The zero-order valence-electron chi connectivity index (χ0n) is 16.0. The lowest BCUT2D eigenvalue weighted by atomic mass is 10.3. The van der Waals surface area contributed by atoms with E-state index in [1.54, 1.807) is 0 Å². The van der Waals surface area contributed by atoms with Crippen molar-refractivity contribution in [2.75, 3.05) is 11.1 Å². The highest BCUT2D eigenvalue weighted by atomic mass is 32.2. The van der Waals surface area contributed by atoms with Gasteiger partial charge in [-0.2, -0.15) is 0 Å². The van der Waals surface area contributed by atoms with E-state index in [0.717, 1.165) is 22.6 Å². The van der Waals surface area contributed by atoms with Gasteiger partial charge in [0, 0.05) is 0 Å². The van der Waals surface area contributed by atoms with Crippen molar-refractivity contribution in [1.29, 1.82) is 0 Å². The summed E-state index contributed by atoms with van der Waals surface area (Å²) in [5, 5.41) is 3.02. The molecule has 0 aliphatic heterocycles. The normalized spacial score (nSPS) is 11.9. The van der Waals surface area contributed by atoms with E-state index in [9.17, 15) is 4.79 Å². The molecule has 1 heterocycles. The van der Waals surface area contributed by atoms with E-state index in [1.165, 1.54) is 11.8 Å². The van der Waals surface area contributed by atoms with Gasteiger partial charge < -0.3 is 15.0 Å². The number of hydrogen-bond donors (Lipinski definition) is 2. The molecular formula is C23H21N3O2S. The number of ether oxygens (including phenoxy) is 1. The largest absolute Gasteiger partial charge is 0.455 e. The van der Waals surface area contributed by atoms with Gasteiger partial charge in [-0.15, -0.1) is 11.8 Å². The van der Waals surface area contributed by atoms with Crippen molar-refractivity contribution in [2.24, 2.45) is 0 Å². The van der Waals surface area contributed by atoms with E-state index in [0.29, 0.717) is 17.2 Å². The highest BCUT2D eigenvalue weighted by Crippen LogP contribution is 2.31. The van der Waals surface area contributed by atoms with E-state index in [4.69, 9.17) is 4.74 Å². The molecule has 146 valence electrons. The number of para-hydroxylation sites is 5. The van der Waals surface area contributed by atoms with Crippen LogP contribution in [0.5, 0.6) is 11.5 Å². The summed E-state index contributed by atoms with van der Waals surface area (Å²) >= 11 is 1.54. The summed E-state index contributed by atoms with van der Waals surface area (Å²) in [6.45, 7) is 2.04. The number of imidazole rings is 1. The van der Waals surface area contributed by atoms with E-state index >= 15 is 0 Å². The van der Waals surface area contributed by atoms with Gasteiger partial charge in [0.05, 0.1) is 27.7 Å². The number of hydrogen-bond acceptors (Lipinski definition) is 4. The lowest BCUT2D eigenvalue weighted by Crippen LogP contribution is -2.15. The van der Waals surface area contributed by atoms with Crippen LogP contribution >= 0.6 is 11.8 Å². The predicted molar refractivity (Wildman–Crippen MR) is 119 cm³/mol. The molecule has 2 N–H and O–H groups in total. The van der Waals surface area contributed by atoms with Crippen LogP contribution in [0.1, 0.15) is 18.0 Å². The first-order valence-corrected chi connectivity index (χ1v) is 10.4. The summed E-state index contributed by atoms with van der Waals surface area (Å²) in [4.78, 5) is 20.4. The molecule has 0 fully saturated rings. The highest BCUT2D eigenvalue weighted by Gasteiger charge is 2.14. The van der Waals surface area contributed by atoms with Gasteiger partial charge in [0.1, 0.15) is 11.6 Å². The third kappa shape index (κ3) is 4.78. The maximum atomic E-state index is 12.5. The number of nitrogens with zero attached hydrogens (tertiary/aromatic N) is 1. The number of aromatic nitrogens is 2. The molecule has 0 aliphatic carbocycles. The van der Waals surface area contributed by atoms with Crippen LogP contribution in [-0.2, 0) is 4.79 Å². The Morgan fingerprint density at radius 1 is 1.03 bits per heavy atom. The number of rotatable bonds is 7. The fraction of sp³-hybridized carbons (Fsp3) is 0.130. The van der Waals surface area contributed by atoms with Crippen molar-refractivity contribution in [1.82, 2.24) is 9.97 Å². The van der Waals surface area contributed by atoms with Crippen LogP contribution in [0, 0.1) is 0 Å². The Morgan fingerprint density at radius 2 is 1.76 bits per heavy atom.